The molecule has 2 aliphatic rings. The fourth-order valence-electron chi connectivity index (χ4n) is 5.62. The third kappa shape index (κ3) is 6.96. The Balaban J connectivity index is 1.41. The van der Waals surface area contributed by atoms with Gasteiger partial charge in [0.25, 0.3) is 0 Å². The van der Waals surface area contributed by atoms with Gasteiger partial charge in [0.15, 0.2) is 11.6 Å². The third-order valence-corrected chi connectivity index (χ3v) is 8.40. The predicted octanol–water partition coefficient (Wildman–Crippen LogP) is 4.75. The van der Waals surface area contributed by atoms with Gasteiger partial charge in [-0.3, -0.25) is 9.59 Å². The Bertz CT molecular complexity index is 1240. The standard InChI is InChI=1S/C26H33ClFIN6O3/c27-17-8-18-19(14-33-24(18)32-13-17)23(30)34-25(20(28)11-29)31-12-16-4-3-7-35(15-16)21(36)9-26(10-22(37)38)5-1-2-6-26/h8,13-14,16,31H,1-7,9-12,15H2,(H2,30,34)(H,32,33)(H,37,38)/b25-20+. The number of amidine groups is 1. The summed E-state index contributed by atoms with van der Waals surface area (Å²) < 4.78 is 14.9. The number of aliphatic carboxylic acids is 1. The van der Waals surface area contributed by atoms with Crippen LogP contribution in [-0.4, -0.2) is 61.7 Å². The number of aromatic amines is 1. The van der Waals surface area contributed by atoms with Crippen LogP contribution in [0.15, 0.2) is 35.1 Å². The zero-order valence-electron chi connectivity index (χ0n) is 21.1. The number of aromatic nitrogens is 2. The van der Waals surface area contributed by atoms with Gasteiger partial charge in [0.05, 0.1) is 15.9 Å². The summed E-state index contributed by atoms with van der Waals surface area (Å²) in [4.78, 5) is 38.1. The van der Waals surface area contributed by atoms with Gasteiger partial charge in [0, 0.05) is 49.4 Å². The first-order chi connectivity index (χ1) is 18.2. The number of carboxylic acid groups (broad SMARTS) is 1. The van der Waals surface area contributed by atoms with E-state index in [9.17, 15) is 19.1 Å². The summed E-state index contributed by atoms with van der Waals surface area (Å²) in [7, 11) is 0. The summed E-state index contributed by atoms with van der Waals surface area (Å²) in [6, 6.07) is 1.73. The van der Waals surface area contributed by atoms with Crippen molar-refractivity contribution in [3.8, 4) is 0 Å². The quantitative estimate of drug-likeness (QED) is 0.126. The number of aliphatic imine (C=N–C) groups is 1. The molecule has 3 heterocycles. The summed E-state index contributed by atoms with van der Waals surface area (Å²) in [5.41, 5.74) is 7.01. The lowest BCUT2D eigenvalue weighted by atomic mass is 9.79. The molecule has 12 heteroatoms. The lowest BCUT2D eigenvalue weighted by molar-refractivity contribution is -0.142. The summed E-state index contributed by atoms with van der Waals surface area (Å²) in [5.74, 6) is -0.953. The number of allylic oxidation sites excluding steroid dienone is 1. The fourth-order valence-corrected chi connectivity index (χ4v) is 6.14. The van der Waals surface area contributed by atoms with Crippen LogP contribution in [0.2, 0.25) is 5.02 Å². The molecule has 1 aliphatic heterocycles. The van der Waals surface area contributed by atoms with Crippen molar-refractivity contribution in [1.29, 1.82) is 0 Å². The molecule has 0 spiro atoms. The summed E-state index contributed by atoms with van der Waals surface area (Å²) in [6.07, 6.45) is 8.74. The number of H-pyrrole nitrogens is 1. The van der Waals surface area contributed by atoms with Crippen LogP contribution in [-0.2, 0) is 9.59 Å². The summed E-state index contributed by atoms with van der Waals surface area (Å²) in [5, 5.41) is 13.7. The van der Waals surface area contributed by atoms with Crippen LogP contribution in [0, 0.1) is 11.3 Å². The Hall–Kier alpha value is -2.41. The van der Waals surface area contributed by atoms with Crippen LogP contribution < -0.4 is 11.1 Å². The number of likely N-dealkylation sites (tertiary alicyclic amines) is 1. The van der Waals surface area contributed by atoms with Crippen molar-refractivity contribution in [2.45, 2.75) is 51.4 Å². The summed E-state index contributed by atoms with van der Waals surface area (Å²) in [6.45, 7) is 1.63. The molecule has 2 aromatic rings. The van der Waals surface area contributed by atoms with Gasteiger partial charge in [-0.15, -0.1) is 0 Å². The minimum Gasteiger partial charge on any atom is -0.481 e. The Labute approximate surface area is 239 Å². The van der Waals surface area contributed by atoms with Crippen molar-refractivity contribution < 1.29 is 19.1 Å². The first kappa shape index (κ1) is 28.6. The largest absolute Gasteiger partial charge is 0.481 e. The van der Waals surface area contributed by atoms with Crippen LogP contribution in [0.1, 0.15) is 56.9 Å². The average molecular weight is 659 g/mol. The zero-order chi connectivity index (χ0) is 27.3. The number of hydrogen-bond acceptors (Lipinski definition) is 5. The molecule has 1 unspecified atom stereocenters. The molecule has 206 valence electrons. The smallest absolute Gasteiger partial charge is 0.303 e. The topological polar surface area (TPSA) is 137 Å². The number of nitrogens with two attached hydrogens (primary N) is 1. The fraction of sp³-hybridized carbons (Fsp3) is 0.538. The number of pyridine rings is 1. The maximum Gasteiger partial charge on any atom is 0.303 e. The lowest BCUT2D eigenvalue weighted by Gasteiger charge is -2.36. The molecule has 4 rings (SSSR count). The van der Waals surface area contributed by atoms with Gasteiger partial charge in [-0.25, -0.2) is 14.4 Å². The molecule has 1 saturated carbocycles. The highest BCUT2D eigenvalue weighted by Gasteiger charge is 2.39. The molecule has 0 bridgehead atoms. The minimum atomic E-state index is -0.844. The van der Waals surface area contributed by atoms with Crippen LogP contribution >= 0.6 is 34.2 Å². The van der Waals surface area contributed by atoms with E-state index in [1.165, 1.54) is 6.20 Å². The number of piperidine rings is 1. The normalized spacial score (nSPS) is 20.4. The Kier molecular flexibility index (Phi) is 9.50. The van der Waals surface area contributed by atoms with Crippen molar-refractivity contribution in [3.63, 3.8) is 0 Å². The van der Waals surface area contributed by atoms with Crippen molar-refractivity contribution in [3.05, 3.63) is 40.7 Å². The Morgan fingerprint density at radius 3 is 2.82 bits per heavy atom. The molecule has 2 aromatic heterocycles. The highest BCUT2D eigenvalue weighted by molar-refractivity contribution is 14.1. The number of nitrogens with zero attached hydrogens (tertiary/aromatic N) is 3. The maximum atomic E-state index is 14.8. The van der Waals surface area contributed by atoms with E-state index in [0.717, 1.165) is 38.5 Å². The molecule has 1 atom stereocenters. The molecule has 5 N–H and O–H groups in total. The number of carbonyl (C=O) groups is 2. The molecular formula is C26H33ClFIN6O3. The van der Waals surface area contributed by atoms with E-state index in [4.69, 9.17) is 17.3 Å². The van der Waals surface area contributed by atoms with Gasteiger partial charge in [-0.1, -0.05) is 47.0 Å². The number of alkyl halides is 1. The molecule has 9 nitrogen and oxygen atoms in total. The SMILES string of the molecule is N/C(=N\C(NCC1CCCN(C(=O)CC2(CC(=O)O)CCCC2)C1)=C(\F)CI)c1c[nH]c2ncc(Cl)cc12. The number of nitrogens with one attached hydrogen (secondary N) is 2. The van der Waals surface area contributed by atoms with E-state index in [-0.39, 0.29) is 40.8 Å². The first-order valence-electron chi connectivity index (χ1n) is 12.8. The molecule has 2 fully saturated rings. The van der Waals surface area contributed by atoms with Gasteiger partial charge in [-0.2, -0.15) is 0 Å². The van der Waals surface area contributed by atoms with Gasteiger partial charge in [0.1, 0.15) is 11.5 Å². The molecular weight excluding hydrogens is 626 g/mol. The highest BCUT2D eigenvalue weighted by atomic mass is 127. The Morgan fingerprint density at radius 1 is 1.34 bits per heavy atom. The first-order valence-corrected chi connectivity index (χ1v) is 14.8. The second-order valence-electron chi connectivity index (χ2n) is 10.3. The predicted molar refractivity (Wildman–Crippen MR) is 154 cm³/mol. The number of halogens is 3. The van der Waals surface area contributed by atoms with E-state index >= 15 is 0 Å². The van der Waals surface area contributed by atoms with E-state index in [1.54, 1.807) is 12.3 Å². The van der Waals surface area contributed by atoms with Crippen molar-refractivity contribution in [2.24, 2.45) is 22.1 Å². The number of carboxylic acids is 1. The molecule has 0 radical (unpaired) electrons. The number of carbonyl (C=O) groups excluding carboxylic acids is 1. The minimum absolute atomic E-state index is 0.0147. The number of fused-ring (bicyclic) bond motifs is 1. The number of rotatable bonds is 10. The molecule has 38 heavy (non-hydrogen) atoms. The van der Waals surface area contributed by atoms with Crippen LogP contribution in [0.25, 0.3) is 11.0 Å². The van der Waals surface area contributed by atoms with Gasteiger partial charge < -0.3 is 26.0 Å². The van der Waals surface area contributed by atoms with E-state index in [2.05, 4.69) is 20.3 Å². The van der Waals surface area contributed by atoms with Crippen LogP contribution in [0.3, 0.4) is 0 Å². The average Bonchev–Trinajstić information content (AvgIpc) is 3.52. The van der Waals surface area contributed by atoms with Gasteiger partial charge >= 0.3 is 5.97 Å². The van der Waals surface area contributed by atoms with Crippen LogP contribution in [0.5, 0.6) is 0 Å². The Morgan fingerprint density at radius 2 is 2.11 bits per heavy atom. The molecule has 1 amide bonds. The second-order valence-corrected chi connectivity index (χ2v) is 11.5. The third-order valence-electron chi connectivity index (χ3n) is 7.53. The van der Waals surface area contributed by atoms with E-state index in [1.807, 2.05) is 27.5 Å². The highest BCUT2D eigenvalue weighted by Crippen LogP contribution is 2.44. The molecule has 0 aromatic carbocycles. The molecule has 1 aliphatic carbocycles. The zero-order valence-corrected chi connectivity index (χ0v) is 24.0. The van der Waals surface area contributed by atoms with Gasteiger partial charge in [0.2, 0.25) is 5.91 Å². The summed E-state index contributed by atoms with van der Waals surface area (Å²) >= 11 is 8.02. The molecule has 1 saturated heterocycles. The monoisotopic (exact) mass is 658 g/mol. The number of hydrogen-bond donors (Lipinski definition) is 4. The van der Waals surface area contributed by atoms with Crippen molar-refractivity contribution in [2.75, 3.05) is 24.1 Å². The lowest BCUT2D eigenvalue weighted by Crippen LogP contribution is -2.44. The van der Waals surface area contributed by atoms with E-state index in [0.29, 0.717) is 41.3 Å². The van der Waals surface area contributed by atoms with Crippen molar-refractivity contribution in [1.82, 2.24) is 20.2 Å². The van der Waals surface area contributed by atoms with Crippen LogP contribution in [0.4, 0.5) is 4.39 Å². The number of amides is 1. The maximum absolute atomic E-state index is 14.8. The second kappa shape index (κ2) is 12.6. The van der Waals surface area contributed by atoms with Gasteiger partial charge in [-0.05, 0) is 43.1 Å². The van der Waals surface area contributed by atoms with Crippen molar-refractivity contribution >= 4 is 62.9 Å². The van der Waals surface area contributed by atoms with E-state index < -0.39 is 17.2 Å².